The predicted octanol–water partition coefficient (Wildman–Crippen LogP) is 4.85. The van der Waals surface area contributed by atoms with Gasteiger partial charge in [0.2, 0.25) is 5.78 Å². The minimum Gasteiger partial charge on any atom is -0.478 e. The highest BCUT2D eigenvalue weighted by atomic mass is 16.4. The summed E-state index contributed by atoms with van der Waals surface area (Å²) in [6.07, 6.45) is 5.69. The van der Waals surface area contributed by atoms with Crippen LogP contribution >= 0.6 is 0 Å². The second kappa shape index (κ2) is 10.8. The summed E-state index contributed by atoms with van der Waals surface area (Å²) >= 11 is 0. The Morgan fingerprint density at radius 1 is 0.971 bits per heavy atom. The number of anilines is 2. The number of hydrogen-bond acceptors (Lipinski definition) is 6. The van der Waals surface area contributed by atoms with E-state index in [1.165, 1.54) is 24.3 Å². The van der Waals surface area contributed by atoms with Crippen molar-refractivity contribution < 1.29 is 29.4 Å². The molecule has 0 bridgehead atoms. The molecule has 0 saturated heterocycles. The van der Waals surface area contributed by atoms with Crippen LogP contribution in [-0.4, -0.2) is 47.3 Å². The lowest BCUT2D eigenvalue weighted by Crippen LogP contribution is -2.27. The highest BCUT2D eigenvalue weighted by Crippen LogP contribution is 2.36. The van der Waals surface area contributed by atoms with Gasteiger partial charge < -0.3 is 20.0 Å². The van der Waals surface area contributed by atoms with Gasteiger partial charge >= 0.3 is 11.9 Å². The number of allylic oxidation sites excluding steroid dienone is 1. The fraction of sp³-hybridized carbons (Fsp3) is 0.308. The van der Waals surface area contributed by atoms with E-state index in [2.05, 4.69) is 0 Å². The third kappa shape index (κ3) is 5.01. The summed E-state index contributed by atoms with van der Waals surface area (Å²) in [7, 11) is 0. The molecule has 0 spiro atoms. The predicted molar refractivity (Wildman–Crippen MR) is 129 cm³/mol. The molecule has 178 valence electrons. The zero-order valence-electron chi connectivity index (χ0n) is 19.3. The van der Waals surface area contributed by atoms with E-state index in [9.17, 15) is 29.4 Å². The summed E-state index contributed by atoms with van der Waals surface area (Å²) in [4.78, 5) is 51.7. The van der Waals surface area contributed by atoms with Gasteiger partial charge in [-0.2, -0.15) is 0 Å². The van der Waals surface area contributed by atoms with Crippen LogP contribution in [0.25, 0.3) is 0 Å². The van der Waals surface area contributed by atoms with E-state index in [-0.39, 0.29) is 22.5 Å². The van der Waals surface area contributed by atoms with Crippen LogP contribution in [0, 0.1) is 0 Å². The van der Waals surface area contributed by atoms with E-state index in [0.717, 1.165) is 25.7 Å². The van der Waals surface area contributed by atoms with Crippen LogP contribution in [0.15, 0.2) is 48.3 Å². The molecule has 8 heteroatoms. The fourth-order valence-electron chi connectivity index (χ4n) is 3.94. The summed E-state index contributed by atoms with van der Waals surface area (Å²) in [5, 5.41) is 18.6. The highest BCUT2D eigenvalue weighted by Gasteiger charge is 2.33. The average Bonchev–Trinajstić information content (AvgIpc) is 3.09. The quantitative estimate of drug-likeness (QED) is 0.358. The monoisotopic (exact) mass is 464 g/mol. The van der Waals surface area contributed by atoms with E-state index in [0.29, 0.717) is 42.0 Å². The molecule has 34 heavy (non-hydrogen) atoms. The maximum atomic E-state index is 13.4. The first-order valence-corrected chi connectivity index (χ1v) is 11.3. The van der Waals surface area contributed by atoms with Crippen LogP contribution in [0.4, 0.5) is 11.4 Å². The largest absolute Gasteiger partial charge is 0.478 e. The van der Waals surface area contributed by atoms with Gasteiger partial charge in [-0.25, -0.2) is 9.59 Å². The second-order valence-corrected chi connectivity index (χ2v) is 8.13. The molecule has 0 aromatic heterocycles. The van der Waals surface area contributed by atoms with Crippen molar-refractivity contribution in [2.45, 2.75) is 39.5 Å². The van der Waals surface area contributed by atoms with Gasteiger partial charge in [0.1, 0.15) is 5.70 Å². The number of aromatic carboxylic acids is 2. The standard InChI is InChI=1S/C26H28N2O6/c1-3-5-11-27(21-9-7-17(25(31)32)13-19(21)16-29)15-23-24(30)20-14-18(26(33)34)8-10-22(20)28(23)12-6-4-2/h7-10,13-16H,3-6,11-12H2,1-2H3,(H,31,32)(H,33,34)/b23-15+. The Labute approximate surface area is 198 Å². The van der Waals surface area contributed by atoms with E-state index in [4.69, 9.17) is 0 Å². The average molecular weight is 465 g/mol. The van der Waals surface area contributed by atoms with Crippen molar-refractivity contribution in [2.75, 3.05) is 22.9 Å². The van der Waals surface area contributed by atoms with E-state index in [1.807, 2.05) is 18.7 Å². The lowest BCUT2D eigenvalue weighted by atomic mass is 10.1. The summed E-state index contributed by atoms with van der Waals surface area (Å²) in [6, 6.07) is 8.87. The maximum absolute atomic E-state index is 13.4. The van der Waals surface area contributed by atoms with Gasteiger partial charge in [0.05, 0.1) is 22.5 Å². The van der Waals surface area contributed by atoms with Crippen LogP contribution < -0.4 is 9.80 Å². The number of aldehydes is 1. The normalized spacial score (nSPS) is 13.8. The number of hydrogen-bond donors (Lipinski definition) is 2. The molecule has 8 nitrogen and oxygen atoms in total. The Bertz CT molecular complexity index is 1150. The molecule has 0 amide bonds. The van der Waals surface area contributed by atoms with Gasteiger partial charge in [-0.05, 0) is 49.2 Å². The van der Waals surface area contributed by atoms with E-state index < -0.39 is 11.9 Å². The lowest BCUT2D eigenvalue weighted by Gasteiger charge is -2.26. The number of fused-ring (bicyclic) bond motifs is 1. The third-order valence-corrected chi connectivity index (χ3v) is 5.78. The Balaban J connectivity index is 2.12. The van der Waals surface area contributed by atoms with Gasteiger partial charge in [0.15, 0.2) is 6.29 Å². The molecule has 0 unspecified atom stereocenters. The number of carbonyl (C=O) groups is 4. The van der Waals surface area contributed by atoms with Crippen molar-refractivity contribution in [3.63, 3.8) is 0 Å². The third-order valence-electron chi connectivity index (χ3n) is 5.78. The molecular weight excluding hydrogens is 436 g/mol. The molecule has 1 heterocycles. The Hall–Kier alpha value is -3.94. The number of benzene rings is 2. The summed E-state index contributed by atoms with van der Waals surface area (Å²) in [5.74, 6) is -2.52. The Morgan fingerprint density at radius 3 is 2.24 bits per heavy atom. The van der Waals surface area contributed by atoms with Crippen LogP contribution in [0.3, 0.4) is 0 Å². The molecule has 3 rings (SSSR count). The highest BCUT2D eigenvalue weighted by molar-refractivity contribution is 6.20. The van der Waals surface area contributed by atoms with E-state index >= 15 is 0 Å². The van der Waals surface area contributed by atoms with Crippen molar-refractivity contribution in [1.82, 2.24) is 0 Å². The number of nitrogens with zero attached hydrogens (tertiary/aromatic N) is 2. The molecule has 0 aliphatic carbocycles. The van der Waals surface area contributed by atoms with Crippen molar-refractivity contribution in [3.8, 4) is 0 Å². The molecule has 0 radical (unpaired) electrons. The number of Topliss-reactive ketones (excluding diaryl/α,β-unsaturated/α-hetero) is 1. The summed E-state index contributed by atoms with van der Waals surface area (Å²) in [6.45, 7) is 5.16. The zero-order valence-corrected chi connectivity index (χ0v) is 19.3. The minimum absolute atomic E-state index is 0.00376. The SMILES string of the molecule is CCCCN(/C=C1\C(=O)c2cc(C(=O)O)ccc2N1CCCC)c1ccc(C(=O)O)cc1C=O. The first-order chi connectivity index (χ1) is 16.3. The van der Waals surface area contributed by atoms with Gasteiger partial charge in [0, 0.05) is 30.4 Å². The lowest BCUT2D eigenvalue weighted by molar-refractivity contribution is 0.0686. The molecule has 1 aliphatic rings. The number of carboxylic acid groups (broad SMARTS) is 2. The topological polar surface area (TPSA) is 115 Å². The molecule has 0 saturated carbocycles. The number of unbranched alkanes of at least 4 members (excludes halogenated alkanes) is 2. The minimum atomic E-state index is -1.13. The van der Waals surface area contributed by atoms with Crippen molar-refractivity contribution >= 4 is 35.4 Å². The van der Waals surface area contributed by atoms with Gasteiger partial charge in [-0.3, -0.25) is 9.59 Å². The first kappa shape index (κ1) is 24.7. The molecule has 0 atom stereocenters. The molecule has 0 fully saturated rings. The second-order valence-electron chi connectivity index (χ2n) is 8.13. The number of ketones is 1. The van der Waals surface area contributed by atoms with Gasteiger partial charge in [-0.15, -0.1) is 0 Å². The van der Waals surface area contributed by atoms with Gasteiger partial charge in [0.25, 0.3) is 0 Å². The molecule has 2 N–H and O–H groups in total. The van der Waals surface area contributed by atoms with Crippen LogP contribution in [-0.2, 0) is 0 Å². The van der Waals surface area contributed by atoms with E-state index in [1.54, 1.807) is 23.2 Å². The molecule has 1 aliphatic heterocycles. The number of carboxylic acids is 2. The summed E-state index contributed by atoms with van der Waals surface area (Å²) < 4.78 is 0. The Kier molecular flexibility index (Phi) is 7.83. The van der Waals surface area contributed by atoms with Crippen molar-refractivity contribution in [2.24, 2.45) is 0 Å². The zero-order chi connectivity index (χ0) is 24.8. The van der Waals surface area contributed by atoms with Gasteiger partial charge in [-0.1, -0.05) is 26.7 Å². The van der Waals surface area contributed by atoms with Crippen LogP contribution in [0.1, 0.15) is 81.0 Å². The number of carbonyl (C=O) groups excluding carboxylic acids is 2. The smallest absolute Gasteiger partial charge is 0.335 e. The van der Waals surface area contributed by atoms with Crippen LogP contribution in [0.2, 0.25) is 0 Å². The Morgan fingerprint density at radius 2 is 1.62 bits per heavy atom. The van der Waals surface area contributed by atoms with Crippen LogP contribution in [0.5, 0.6) is 0 Å². The fourth-order valence-corrected chi connectivity index (χ4v) is 3.94. The molecular formula is C26H28N2O6. The molecule has 2 aromatic rings. The number of rotatable bonds is 11. The molecule has 2 aromatic carbocycles. The van der Waals surface area contributed by atoms with Crippen molar-refractivity contribution in [3.05, 3.63) is 70.5 Å². The summed E-state index contributed by atoms with van der Waals surface area (Å²) in [5.41, 5.74) is 2.14. The maximum Gasteiger partial charge on any atom is 0.335 e. The first-order valence-electron chi connectivity index (χ1n) is 11.3. The van der Waals surface area contributed by atoms with Crippen molar-refractivity contribution in [1.29, 1.82) is 0 Å².